The number of fused-ring (bicyclic) bond motifs is 2. The molecule has 1 aliphatic rings. The maximum atomic E-state index is 12.7. The van der Waals surface area contributed by atoms with Gasteiger partial charge in [-0.2, -0.15) is 0 Å². The predicted molar refractivity (Wildman–Crippen MR) is 96.3 cm³/mol. The van der Waals surface area contributed by atoms with Crippen molar-refractivity contribution in [3.63, 3.8) is 0 Å². The van der Waals surface area contributed by atoms with E-state index in [2.05, 4.69) is 17.4 Å². The fourth-order valence-electron chi connectivity index (χ4n) is 3.40. The first kappa shape index (κ1) is 16.2. The Balaban J connectivity index is 1.67. The molecule has 0 saturated heterocycles. The van der Waals surface area contributed by atoms with Gasteiger partial charge >= 0.3 is 0 Å². The largest absolute Gasteiger partial charge is 0.451 e. The minimum absolute atomic E-state index is 0.269. The molecule has 1 N–H and O–H groups in total. The molecule has 5 nitrogen and oxygen atoms in total. The van der Waals surface area contributed by atoms with Crippen molar-refractivity contribution in [3.05, 3.63) is 45.3 Å². The van der Waals surface area contributed by atoms with Crippen molar-refractivity contribution in [1.29, 1.82) is 0 Å². The number of furan rings is 1. The Kier molecular flexibility index (Phi) is 3.84. The highest BCUT2D eigenvalue weighted by atomic mass is 35.5. The first-order valence-corrected chi connectivity index (χ1v) is 8.80. The van der Waals surface area contributed by atoms with E-state index in [9.17, 15) is 4.79 Å². The number of carbonyl (C=O) groups is 1. The van der Waals surface area contributed by atoms with E-state index in [1.54, 1.807) is 0 Å². The SMILES string of the molecule is Cc1cc2oc(C(=O)Nc3onc4c3C[C@H](C)CC4)c(C)c2cc1Cl. The minimum atomic E-state index is -0.334. The molecule has 6 heteroatoms. The van der Waals surface area contributed by atoms with Gasteiger partial charge in [-0.25, -0.2) is 0 Å². The Hall–Kier alpha value is -2.27. The first-order chi connectivity index (χ1) is 11.9. The molecule has 0 aliphatic heterocycles. The van der Waals surface area contributed by atoms with Crippen molar-refractivity contribution in [2.24, 2.45) is 5.92 Å². The number of nitrogens with one attached hydrogen (secondary N) is 1. The molecule has 130 valence electrons. The van der Waals surface area contributed by atoms with E-state index in [4.69, 9.17) is 20.5 Å². The lowest BCUT2D eigenvalue weighted by atomic mass is 9.89. The molecule has 0 fully saturated rings. The molecule has 1 atom stereocenters. The Bertz CT molecular complexity index is 986. The van der Waals surface area contributed by atoms with Crippen LogP contribution in [0.15, 0.2) is 21.1 Å². The van der Waals surface area contributed by atoms with Gasteiger partial charge in [0, 0.05) is 21.5 Å². The van der Waals surface area contributed by atoms with Gasteiger partial charge in [0.05, 0.1) is 5.69 Å². The summed E-state index contributed by atoms with van der Waals surface area (Å²) >= 11 is 6.19. The second kappa shape index (κ2) is 5.92. The molecular weight excluding hydrogens is 340 g/mol. The molecular formula is C19H19ClN2O3. The zero-order valence-electron chi connectivity index (χ0n) is 14.4. The Morgan fingerprint density at radius 2 is 2.16 bits per heavy atom. The van der Waals surface area contributed by atoms with Crippen LogP contribution in [0.4, 0.5) is 5.88 Å². The van der Waals surface area contributed by atoms with Gasteiger partial charge < -0.3 is 8.94 Å². The molecule has 1 amide bonds. The highest BCUT2D eigenvalue weighted by Crippen LogP contribution is 2.33. The number of anilines is 1. The number of halogens is 1. The number of benzene rings is 1. The van der Waals surface area contributed by atoms with E-state index in [0.717, 1.165) is 47.0 Å². The normalized spacial score (nSPS) is 16.9. The lowest BCUT2D eigenvalue weighted by Gasteiger charge is -2.16. The lowest BCUT2D eigenvalue weighted by molar-refractivity contribution is 0.0994. The average molecular weight is 359 g/mol. The Morgan fingerprint density at radius 1 is 1.36 bits per heavy atom. The molecule has 2 heterocycles. The standard InChI is InChI=1S/C19H19ClN2O3/c1-9-4-5-15-13(6-9)19(25-22-15)21-18(23)17-11(3)12-8-14(20)10(2)7-16(12)24-17/h7-9H,4-6H2,1-3H3,(H,21,23)/t9-/m1/s1. The monoisotopic (exact) mass is 358 g/mol. The van der Waals surface area contributed by atoms with Gasteiger partial charge in [-0.15, -0.1) is 0 Å². The van der Waals surface area contributed by atoms with E-state index < -0.39 is 0 Å². The van der Waals surface area contributed by atoms with Crippen LogP contribution in [-0.2, 0) is 12.8 Å². The van der Waals surface area contributed by atoms with Crippen molar-refractivity contribution >= 4 is 34.4 Å². The third-order valence-corrected chi connectivity index (χ3v) is 5.35. The summed E-state index contributed by atoms with van der Waals surface area (Å²) in [7, 11) is 0. The molecule has 3 aromatic rings. The van der Waals surface area contributed by atoms with Crippen LogP contribution in [0, 0.1) is 19.8 Å². The molecule has 25 heavy (non-hydrogen) atoms. The van der Waals surface area contributed by atoms with Crippen molar-refractivity contribution in [2.45, 2.75) is 40.0 Å². The summed E-state index contributed by atoms with van der Waals surface area (Å²) in [6.07, 6.45) is 2.84. The third kappa shape index (κ3) is 2.72. The molecule has 0 radical (unpaired) electrons. The van der Waals surface area contributed by atoms with Crippen LogP contribution in [-0.4, -0.2) is 11.1 Å². The number of aromatic nitrogens is 1. The van der Waals surface area contributed by atoms with Gasteiger partial charge in [0.2, 0.25) is 5.88 Å². The summed E-state index contributed by atoms with van der Waals surface area (Å²) in [5.41, 5.74) is 4.26. The third-order valence-electron chi connectivity index (χ3n) is 4.95. The van der Waals surface area contributed by atoms with Crippen molar-refractivity contribution in [1.82, 2.24) is 5.16 Å². The fraction of sp³-hybridized carbons (Fsp3) is 0.368. The van der Waals surface area contributed by atoms with Crippen LogP contribution in [0.5, 0.6) is 0 Å². The molecule has 1 aromatic carbocycles. The summed E-state index contributed by atoms with van der Waals surface area (Å²) in [6, 6.07) is 3.68. The summed E-state index contributed by atoms with van der Waals surface area (Å²) in [6.45, 7) is 5.95. The van der Waals surface area contributed by atoms with Crippen LogP contribution in [0.3, 0.4) is 0 Å². The van der Waals surface area contributed by atoms with E-state index >= 15 is 0 Å². The summed E-state index contributed by atoms with van der Waals surface area (Å²) in [4.78, 5) is 12.7. The van der Waals surface area contributed by atoms with E-state index in [-0.39, 0.29) is 11.7 Å². The van der Waals surface area contributed by atoms with Crippen molar-refractivity contribution in [2.75, 3.05) is 5.32 Å². The van der Waals surface area contributed by atoms with Gasteiger partial charge in [-0.3, -0.25) is 10.1 Å². The zero-order valence-corrected chi connectivity index (χ0v) is 15.2. The molecule has 2 aromatic heterocycles. The Morgan fingerprint density at radius 3 is 2.96 bits per heavy atom. The van der Waals surface area contributed by atoms with Gasteiger partial charge in [0.25, 0.3) is 5.91 Å². The number of nitrogens with zero attached hydrogens (tertiary/aromatic N) is 1. The second-order valence-electron chi connectivity index (χ2n) is 6.89. The molecule has 0 unspecified atom stereocenters. The summed E-state index contributed by atoms with van der Waals surface area (Å²) in [5.74, 6) is 0.923. The smallest absolute Gasteiger partial charge is 0.294 e. The number of rotatable bonds is 2. The molecule has 0 spiro atoms. The predicted octanol–water partition coefficient (Wildman–Crippen LogP) is 5.07. The Labute approximate surface area is 150 Å². The molecule has 1 aliphatic carbocycles. The maximum absolute atomic E-state index is 12.7. The van der Waals surface area contributed by atoms with Crippen LogP contribution in [0.25, 0.3) is 11.0 Å². The van der Waals surface area contributed by atoms with Crippen LogP contribution < -0.4 is 5.32 Å². The molecule has 0 saturated carbocycles. The van der Waals surface area contributed by atoms with E-state index in [1.807, 2.05) is 26.0 Å². The maximum Gasteiger partial charge on any atom is 0.294 e. The number of hydrogen-bond acceptors (Lipinski definition) is 4. The average Bonchev–Trinajstić information content (AvgIpc) is 3.10. The number of aryl methyl sites for hydroxylation is 3. The molecule has 4 rings (SSSR count). The zero-order chi connectivity index (χ0) is 17.7. The first-order valence-electron chi connectivity index (χ1n) is 8.42. The van der Waals surface area contributed by atoms with Gasteiger partial charge in [-0.1, -0.05) is 23.7 Å². The number of amides is 1. The topological polar surface area (TPSA) is 68.3 Å². The van der Waals surface area contributed by atoms with Gasteiger partial charge in [0.15, 0.2) is 5.76 Å². The van der Waals surface area contributed by atoms with Crippen molar-refractivity contribution in [3.8, 4) is 0 Å². The van der Waals surface area contributed by atoms with Gasteiger partial charge in [-0.05, 0) is 56.7 Å². The minimum Gasteiger partial charge on any atom is -0.451 e. The number of hydrogen-bond donors (Lipinski definition) is 1. The quantitative estimate of drug-likeness (QED) is 0.694. The lowest BCUT2D eigenvalue weighted by Crippen LogP contribution is -2.16. The van der Waals surface area contributed by atoms with E-state index in [1.165, 1.54) is 0 Å². The summed E-state index contributed by atoms with van der Waals surface area (Å²) in [5, 5.41) is 8.41. The highest BCUT2D eigenvalue weighted by Gasteiger charge is 2.26. The molecule has 0 bridgehead atoms. The highest BCUT2D eigenvalue weighted by molar-refractivity contribution is 6.32. The van der Waals surface area contributed by atoms with Crippen molar-refractivity contribution < 1.29 is 13.7 Å². The summed E-state index contributed by atoms with van der Waals surface area (Å²) < 4.78 is 11.1. The fourth-order valence-corrected chi connectivity index (χ4v) is 3.56. The van der Waals surface area contributed by atoms with E-state index in [0.29, 0.717) is 22.4 Å². The second-order valence-corrected chi connectivity index (χ2v) is 7.30. The van der Waals surface area contributed by atoms with Gasteiger partial charge in [0.1, 0.15) is 5.58 Å². The number of carbonyl (C=O) groups excluding carboxylic acids is 1. The van der Waals surface area contributed by atoms with Crippen LogP contribution >= 0.6 is 11.6 Å². The van der Waals surface area contributed by atoms with Crippen LogP contribution in [0.1, 0.15) is 46.3 Å². The van der Waals surface area contributed by atoms with Crippen LogP contribution in [0.2, 0.25) is 5.02 Å².